The normalized spacial score (nSPS) is 10.8. The summed E-state index contributed by atoms with van der Waals surface area (Å²) in [6.45, 7) is 0. The fourth-order valence-electron chi connectivity index (χ4n) is 3.13. The number of nitriles is 1. The van der Waals surface area contributed by atoms with Crippen molar-refractivity contribution in [2.75, 3.05) is 0 Å². The Balaban J connectivity index is 2.24. The molecule has 0 saturated heterocycles. The molecule has 0 radical (unpaired) electrons. The van der Waals surface area contributed by atoms with Gasteiger partial charge in [-0.3, -0.25) is 0 Å². The number of halogens is 1. The summed E-state index contributed by atoms with van der Waals surface area (Å²) in [5, 5.41) is 14.3. The van der Waals surface area contributed by atoms with Crippen molar-refractivity contribution < 1.29 is 0 Å². The molecule has 4 rings (SSSR count). The van der Waals surface area contributed by atoms with E-state index in [2.05, 4.69) is 71.1 Å². The first-order chi connectivity index (χ1) is 11.3. The molecule has 0 fully saturated rings. The summed E-state index contributed by atoms with van der Waals surface area (Å²) in [6.07, 6.45) is 0. The van der Waals surface area contributed by atoms with Crippen molar-refractivity contribution in [3.63, 3.8) is 0 Å². The van der Waals surface area contributed by atoms with Crippen molar-refractivity contribution in [1.29, 1.82) is 5.26 Å². The minimum atomic E-state index is 0.720. The third-order valence-electron chi connectivity index (χ3n) is 4.18. The van der Waals surface area contributed by atoms with E-state index in [9.17, 15) is 5.26 Å². The number of fused-ring (bicyclic) bond motifs is 2. The third-order valence-corrected chi connectivity index (χ3v) is 5.08. The highest BCUT2D eigenvalue weighted by Crippen LogP contribution is 2.39. The molecule has 108 valence electrons. The summed E-state index contributed by atoms with van der Waals surface area (Å²) >= 11 is 2.37. The van der Waals surface area contributed by atoms with Crippen LogP contribution in [0.1, 0.15) is 5.56 Å². The number of benzene rings is 4. The Morgan fingerprint density at radius 3 is 1.87 bits per heavy atom. The highest BCUT2D eigenvalue weighted by molar-refractivity contribution is 14.1. The van der Waals surface area contributed by atoms with E-state index in [-0.39, 0.29) is 0 Å². The second kappa shape index (κ2) is 5.68. The maximum Gasteiger partial charge on any atom is 0.0998 e. The molecule has 0 aliphatic heterocycles. The van der Waals surface area contributed by atoms with E-state index in [1.807, 2.05) is 30.3 Å². The largest absolute Gasteiger partial charge is 0.192 e. The summed E-state index contributed by atoms with van der Waals surface area (Å²) in [5.74, 6) is 0. The SMILES string of the molecule is N#Cc1ccc2ccccc2c1-c1c(I)ccc2ccccc12. The molecule has 0 spiro atoms. The molecule has 0 aliphatic rings. The van der Waals surface area contributed by atoms with Gasteiger partial charge in [0.1, 0.15) is 0 Å². The van der Waals surface area contributed by atoms with Crippen LogP contribution in [0.4, 0.5) is 0 Å². The molecule has 0 bridgehead atoms. The van der Waals surface area contributed by atoms with Gasteiger partial charge in [0.25, 0.3) is 0 Å². The van der Waals surface area contributed by atoms with Gasteiger partial charge in [0.15, 0.2) is 0 Å². The lowest BCUT2D eigenvalue weighted by Crippen LogP contribution is -1.92. The number of hydrogen-bond donors (Lipinski definition) is 0. The van der Waals surface area contributed by atoms with Crippen molar-refractivity contribution in [3.8, 4) is 17.2 Å². The predicted octanol–water partition coefficient (Wildman–Crippen LogP) is 6.14. The zero-order valence-electron chi connectivity index (χ0n) is 12.3. The summed E-state index contributed by atoms with van der Waals surface area (Å²) in [6, 6.07) is 27.2. The fourth-order valence-corrected chi connectivity index (χ4v) is 3.87. The lowest BCUT2D eigenvalue weighted by molar-refractivity contribution is 1.49. The molecular weight excluding hydrogens is 393 g/mol. The first kappa shape index (κ1) is 14.2. The van der Waals surface area contributed by atoms with E-state index in [1.165, 1.54) is 10.8 Å². The van der Waals surface area contributed by atoms with E-state index < -0.39 is 0 Å². The zero-order chi connectivity index (χ0) is 15.8. The minimum absolute atomic E-state index is 0.720. The third kappa shape index (κ3) is 2.29. The van der Waals surface area contributed by atoms with Gasteiger partial charge in [0.2, 0.25) is 0 Å². The van der Waals surface area contributed by atoms with Crippen LogP contribution in [0, 0.1) is 14.9 Å². The minimum Gasteiger partial charge on any atom is -0.192 e. The van der Waals surface area contributed by atoms with Gasteiger partial charge in [0, 0.05) is 14.7 Å². The van der Waals surface area contributed by atoms with Crippen LogP contribution in [0.2, 0.25) is 0 Å². The highest BCUT2D eigenvalue weighted by Gasteiger charge is 2.15. The predicted molar refractivity (Wildman–Crippen MR) is 104 cm³/mol. The molecule has 0 amide bonds. The number of hydrogen-bond acceptors (Lipinski definition) is 1. The van der Waals surface area contributed by atoms with Gasteiger partial charge in [-0.2, -0.15) is 5.26 Å². The number of nitrogens with zero attached hydrogens (tertiary/aromatic N) is 1. The molecule has 0 aromatic heterocycles. The molecule has 0 heterocycles. The molecule has 0 atom stereocenters. The Kier molecular flexibility index (Phi) is 3.51. The Hall–Kier alpha value is -2.38. The van der Waals surface area contributed by atoms with Crippen LogP contribution in [0.5, 0.6) is 0 Å². The molecule has 0 unspecified atom stereocenters. The van der Waals surface area contributed by atoms with Crippen LogP contribution in [-0.2, 0) is 0 Å². The average Bonchev–Trinajstić information content (AvgIpc) is 2.61. The van der Waals surface area contributed by atoms with Gasteiger partial charge in [-0.15, -0.1) is 0 Å². The molecule has 0 N–H and O–H groups in total. The Bertz CT molecular complexity index is 1090. The van der Waals surface area contributed by atoms with Crippen LogP contribution >= 0.6 is 22.6 Å². The molecule has 0 aliphatic carbocycles. The van der Waals surface area contributed by atoms with Gasteiger partial charge < -0.3 is 0 Å². The van der Waals surface area contributed by atoms with Crippen LogP contribution in [-0.4, -0.2) is 0 Å². The summed E-state index contributed by atoms with van der Waals surface area (Å²) in [5.41, 5.74) is 2.90. The van der Waals surface area contributed by atoms with E-state index in [1.54, 1.807) is 0 Å². The van der Waals surface area contributed by atoms with Crippen LogP contribution in [0.3, 0.4) is 0 Å². The van der Waals surface area contributed by atoms with Crippen molar-refractivity contribution in [3.05, 3.63) is 81.9 Å². The molecule has 1 nitrogen and oxygen atoms in total. The second-order valence-corrected chi connectivity index (χ2v) is 6.63. The smallest absolute Gasteiger partial charge is 0.0998 e. The Morgan fingerprint density at radius 1 is 0.652 bits per heavy atom. The Labute approximate surface area is 148 Å². The van der Waals surface area contributed by atoms with Crippen molar-refractivity contribution in [2.24, 2.45) is 0 Å². The first-order valence-corrected chi connectivity index (χ1v) is 8.47. The topological polar surface area (TPSA) is 23.8 Å². The van der Waals surface area contributed by atoms with E-state index in [0.29, 0.717) is 0 Å². The van der Waals surface area contributed by atoms with E-state index in [4.69, 9.17) is 0 Å². The van der Waals surface area contributed by atoms with Gasteiger partial charge >= 0.3 is 0 Å². The quantitative estimate of drug-likeness (QED) is 0.349. The monoisotopic (exact) mass is 405 g/mol. The molecule has 23 heavy (non-hydrogen) atoms. The van der Waals surface area contributed by atoms with E-state index in [0.717, 1.165) is 31.0 Å². The maximum absolute atomic E-state index is 9.65. The molecular formula is C21H12IN. The van der Waals surface area contributed by atoms with Crippen molar-refractivity contribution in [2.45, 2.75) is 0 Å². The average molecular weight is 405 g/mol. The maximum atomic E-state index is 9.65. The lowest BCUT2D eigenvalue weighted by Gasteiger charge is -2.14. The van der Waals surface area contributed by atoms with Gasteiger partial charge in [-0.05, 0) is 56.3 Å². The van der Waals surface area contributed by atoms with Crippen LogP contribution in [0.25, 0.3) is 32.7 Å². The first-order valence-electron chi connectivity index (χ1n) is 7.39. The molecule has 0 saturated carbocycles. The Morgan fingerprint density at radius 2 is 1.22 bits per heavy atom. The summed E-state index contributed by atoms with van der Waals surface area (Å²) in [7, 11) is 0. The molecule has 4 aromatic carbocycles. The van der Waals surface area contributed by atoms with Crippen molar-refractivity contribution in [1.82, 2.24) is 0 Å². The molecule has 2 heteroatoms. The second-order valence-electron chi connectivity index (χ2n) is 5.46. The van der Waals surface area contributed by atoms with Crippen molar-refractivity contribution >= 4 is 44.1 Å². The fraction of sp³-hybridized carbons (Fsp3) is 0. The summed E-state index contributed by atoms with van der Waals surface area (Å²) < 4.78 is 1.16. The van der Waals surface area contributed by atoms with Crippen LogP contribution < -0.4 is 0 Å². The van der Waals surface area contributed by atoms with E-state index >= 15 is 0 Å². The standard InChI is InChI=1S/C21H12IN/c22-19-12-11-15-6-2-4-8-18(15)21(19)20-16(13-23)10-9-14-5-1-3-7-17(14)20/h1-12H. The highest BCUT2D eigenvalue weighted by atomic mass is 127. The van der Waals surface area contributed by atoms with Crippen LogP contribution in [0.15, 0.2) is 72.8 Å². The van der Waals surface area contributed by atoms with Gasteiger partial charge in [-0.1, -0.05) is 60.7 Å². The lowest BCUT2D eigenvalue weighted by atomic mass is 9.90. The van der Waals surface area contributed by atoms with Gasteiger partial charge in [0.05, 0.1) is 11.6 Å². The molecule has 4 aromatic rings. The van der Waals surface area contributed by atoms with Gasteiger partial charge in [-0.25, -0.2) is 0 Å². The summed E-state index contributed by atoms with van der Waals surface area (Å²) in [4.78, 5) is 0. The number of rotatable bonds is 1. The zero-order valence-corrected chi connectivity index (χ0v) is 14.4.